The Labute approximate surface area is 127 Å². The Morgan fingerprint density at radius 2 is 1.76 bits per heavy atom. The van der Waals surface area contributed by atoms with E-state index in [4.69, 9.17) is 5.11 Å². The Morgan fingerprint density at radius 1 is 1.14 bits per heavy atom. The monoisotopic (exact) mass is 325 g/mol. The maximum atomic E-state index is 12.6. The number of carboxylic acids is 1. The number of aliphatic carboxylic acids is 1. The van der Waals surface area contributed by atoms with E-state index in [2.05, 4.69) is 0 Å². The number of hydrogen-bond donors (Lipinski definition) is 1. The highest BCUT2D eigenvalue weighted by atomic mass is 32.2. The van der Waals surface area contributed by atoms with Crippen LogP contribution in [0.1, 0.15) is 10.4 Å². The number of rotatable bonds is 5. The van der Waals surface area contributed by atoms with Crippen LogP contribution in [-0.2, 0) is 14.8 Å². The van der Waals surface area contributed by atoms with E-state index in [-0.39, 0.29) is 4.21 Å². The highest BCUT2D eigenvalue weighted by Crippen LogP contribution is 2.28. The fourth-order valence-corrected chi connectivity index (χ4v) is 4.62. The van der Waals surface area contributed by atoms with Crippen LogP contribution in [0.4, 0.5) is 5.69 Å². The zero-order valence-corrected chi connectivity index (χ0v) is 13.2. The summed E-state index contributed by atoms with van der Waals surface area (Å²) in [6, 6.07) is 9.91. The molecule has 0 aliphatic carbocycles. The molecule has 1 heterocycles. The van der Waals surface area contributed by atoms with Gasteiger partial charge >= 0.3 is 5.97 Å². The topological polar surface area (TPSA) is 74.7 Å². The van der Waals surface area contributed by atoms with Gasteiger partial charge < -0.3 is 5.11 Å². The zero-order chi connectivity index (χ0) is 15.6. The summed E-state index contributed by atoms with van der Waals surface area (Å²) in [5.41, 5.74) is 1.31. The van der Waals surface area contributed by atoms with Gasteiger partial charge in [-0.25, -0.2) is 8.42 Å². The third-order valence-corrected chi connectivity index (χ3v) is 6.10. The molecule has 5 nitrogen and oxygen atoms in total. The van der Waals surface area contributed by atoms with Gasteiger partial charge in [0.25, 0.3) is 10.0 Å². The molecular formula is C14H15NO4S2. The Morgan fingerprint density at radius 3 is 2.24 bits per heavy atom. The average Bonchev–Trinajstić information content (AvgIpc) is 2.84. The fourth-order valence-electron chi connectivity index (χ4n) is 1.81. The van der Waals surface area contributed by atoms with Crippen LogP contribution in [0, 0.1) is 13.8 Å². The third kappa shape index (κ3) is 3.43. The maximum absolute atomic E-state index is 12.6. The number of carboxylic acid groups (broad SMARTS) is 1. The van der Waals surface area contributed by atoms with Crippen molar-refractivity contribution in [1.82, 2.24) is 0 Å². The number of sulfonamides is 1. The number of carbonyl (C=O) groups is 1. The molecule has 0 aliphatic heterocycles. The molecule has 0 aliphatic rings. The minimum absolute atomic E-state index is 0.141. The average molecular weight is 325 g/mol. The molecule has 0 amide bonds. The molecular weight excluding hydrogens is 310 g/mol. The minimum Gasteiger partial charge on any atom is -0.480 e. The van der Waals surface area contributed by atoms with Gasteiger partial charge in [-0.1, -0.05) is 17.7 Å². The smallest absolute Gasteiger partial charge is 0.324 e. The molecule has 0 unspecified atom stereocenters. The quantitative estimate of drug-likeness (QED) is 0.917. The lowest BCUT2D eigenvalue weighted by Gasteiger charge is -2.21. The number of hydrogen-bond acceptors (Lipinski definition) is 4. The zero-order valence-electron chi connectivity index (χ0n) is 11.6. The fraction of sp³-hybridized carbons (Fsp3) is 0.214. The molecule has 0 saturated heterocycles. The Bertz CT molecular complexity index is 748. The number of anilines is 1. The molecule has 1 N–H and O–H groups in total. The van der Waals surface area contributed by atoms with Crippen LogP contribution in [0.25, 0.3) is 0 Å². The summed E-state index contributed by atoms with van der Waals surface area (Å²) in [7, 11) is -3.87. The molecule has 2 rings (SSSR count). The van der Waals surface area contributed by atoms with E-state index in [1.54, 1.807) is 37.3 Å². The highest BCUT2D eigenvalue weighted by molar-refractivity contribution is 7.94. The molecule has 1 aromatic carbocycles. The van der Waals surface area contributed by atoms with Gasteiger partial charge in [0, 0.05) is 4.88 Å². The van der Waals surface area contributed by atoms with Crippen molar-refractivity contribution in [2.45, 2.75) is 18.1 Å². The summed E-state index contributed by atoms with van der Waals surface area (Å²) in [6.45, 7) is 3.07. The van der Waals surface area contributed by atoms with Crippen molar-refractivity contribution in [2.75, 3.05) is 10.8 Å². The van der Waals surface area contributed by atoms with Crippen molar-refractivity contribution in [3.8, 4) is 0 Å². The first-order valence-corrected chi connectivity index (χ1v) is 8.44. The van der Waals surface area contributed by atoms with Gasteiger partial charge in [0.15, 0.2) is 0 Å². The molecule has 0 atom stereocenters. The van der Waals surface area contributed by atoms with E-state index in [9.17, 15) is 13.2 Å². The van der Waals surface area contributed by atoms with Gasteiger partial charge in [-0.3, -0.25) is 9.10 Å². The molecule has 0 fully saturated rings. The Hall–Kier alpha value is -1.86. The van der Waals surface area contributed by atoms with Gasteiger partial charge in [-0.2, -0.15) is 0 Å². The minimum atomic E-state index is -3.87. The van der Waals surface area contributed by atoms with Crippen molar-refractivity contribution < 1.29 is 18.3 Å². The van der Waals surface area contributed by atoms with Gasteiger partial charge in [-0.15, -0.1) is 11.3 Å². The summed E-state index contributed by atoms with van der Waals surface area (Å²) in [5.74, 6) is -1.20. The summed E-state index contributed by atoms with van der Waals surface area (Å²) >= 11 is 1.13. The van der Waals surface area contributed by atoms with Crippen molar-refractivity contribution in [3.05, 3.63) is 46.8 Å². The van der Waals surface area contributed by atoms with Crippen LogP contribution in [0.5, 0.6) is 0 Å². The highest BCUT2D eigenvalue weighted by Gasteiger charge is 2.28. The summed E-state index contributed by atoms with van der Waals surface area (Å²) in [6.07, 6.45) is 0. The Kier molecular flexibility index (Phi) is 4.34. The van der Waals surface area contributed by atoms with E-state index >= 15 is 0 Å². The molecule has 21 heavy (non-hydrogen) atoms. The van der Waals surface area contributed by atoms with E-state index in [1.807, 2.05) is 6.92 Å². The van der Waals surface area contributed by atoms with Gasteiger partial charge in [0.05, 0.1) is 5.69 Å². The first kappa shape index (κ1) is 15.5. The predicted molar refractivity (Wildman–Crippen MR) is 82.4 cm³/mol. The van der Waals surface area contributed by atoms with Crippen LogP contribution in [-0.4, -0.2) is 26.0 Å². The first-order chi connectivity index (χ1) is 9.80. The summed E-state index contributed by atoms with van der Waals surface area (Å²) < 4.78 is 26.3. The SMILES string of the molecule is Cc1ccc(N(CC(=O)O)S(=O)(=O)c2ccc(C)s2)cc1. The summed E-state index contributed by atoms with van der Waals surface area (Å²) in [4.78, 5) is 11.9. The lowest BCUT2D eigenvalue weighted by Crippen LogP contribution is -2.35. The molecule has 7 heteroatoms. The van der Waals surface area contributed by atoms with Gasteiger partial charge in [0.2, 0.25) is 0 Å². The van der Waals surface area contributed by atoms with Crippen molar-refractivity contribution in [2.24, 2.45) is 0 Å². The second-order valence-corrected chi connectivity index (χ2v) is 7.98. The molecule has 0 bridgehead atoms. The number of aryl methyl sites for hydroxylation is 2. The normalized spacial score (nSPS) is 11.3. The number of nitrogens with zero attached hydrogens (tertiary/aromatic N) is 1. The second kappa shape index (κ2) is 5.87. The van der Waals surface area contributed by atoms with E-state index in [0.717, 1.165) is 26.1 Å². The largest absolute Gasteiger partial charge is 0.480 e. The standard InChI is InChI=1S/C14H15NO4S2/c1-10-3-6-12(7-4-10)15(9-13(16)17)21(18,19)14-8-5-11(2)20-14/h3-8H,9H2,1-2H3,(H,16,17). The van der Waals surface area contributed by atoms with Crippen LogP contribution in [0.3, 0.4) is 0 Å². The number of benzene rings is 1. The number of thiophene rings is 1. The molecule has 2 aromatic rings. The molecule has 112 valence electrons. The molecule has 0 spiro atoms. The van der Waals surface area contributed by atoms with Crippen LogP contribution >= 0.6 is 11.3 Å². The van der Waals surface area contributed by atoms with Crippen molar-refractivity contribution in [1.29, 1.82) is 0 Å². The molecule has 1 aromatic heterocycles. The van der Waals surface area contributed by atoms with E-state index in [0.29, 0.717) is 5.69 Å². The van der Waals surface area contributed by atoms with E-state index in [1.165, 1.54) is 6.07 Å². The van der Waals surface area contributed by atoms with Gasteiger partial charge in [-0.05, 0) is 38.1 Å². The lowest BCUT2D eigenvalue weighted by atomic mass is 10.2. The van der Waals surface area contributed by atoms with Crippen LogP contribution in [0.2, 0.25) is 0 Å². The van der Waals surface area contributed by atoms with Crippen LogP contribution in [0.15, 0.2) is 40.6 Å². The predicted octanol–water partition coefficient (Wildman–Crippen LogP) is 2.64. The Balaban J connectivity index is 2.49. The maximum Gasteiger partial charge on any atom is 0.324 e. The van der Waals surface area contributed by atoms with Crippen molar-refractivity contribution >= 4 is 33.0 Å². The van der Waals surface area contributed by atoms with Crippen LogP contribution < -0.4 is 4.31 Å². The van der Waals surface area contributed by atoms with E-state index < -0.39 is 22.5 Å². The second-order valence-electron chi connectivity index (χ2n) is 4.61. The van der Waals surface area contributed by atoms with Crippen molar-refractivity contribution in [3.63, 3.8) is 0 Å². The summed E-state index contributed by atoms with van der Waals surface area (Å²) in [5, 5.41) is 9.01. The first-order valence-electron chi connectivity index (χ1n) is 6.18. The lowest BCUT2D eigenvalue weighted by molar-refractivity contribution is -0.135. The third-order valence-electron chi connectivity index (χ3n) is 2.86. The molecule has 0 saturated carbocycles. The molecule has 0 radical (unpaired) electrons. The van der Waals surface area contributed by atoms with Gasteiger partial charge in [0.1, 0.15) is 10.8 Å².